The Morgan fingerprint density at radius 1 is 0.870 bits per heavy atom. The van der Waals surface area contributed by atoms with E-state index in [9.17, 15) is 9.59 Å². The van der Waals surface area contributed by atoms with Crippen LogP contribution in [0, 0.1) is 0 Å². The van der Waals surface area contributed by atoms with Gasteiger partial charge in [0.25, 0.3) is 11.8 Å². The maximum absolute atomic E-state index is 12.8. The highest BCUT2D eigenvalue weighted by molar-refractivity contribution is 6.30. The van der Waals surface area contributed by atoms with E-state index in [2.05, 4.69) is 10.3 Å². The number of fused-ring (bicyclic) bond motifs is 1. The maximum atomic E-state index is 12.8. The second-order valence-corrected chi connectivity index (χ2v) is 5.70. The first-order valence-corrected chi connectivity index (χ1v) is 7.43. The molecule has 114 valence electrons. The van der Waals surface area contributed by atoms with Gasteiger partial charge in [-0.1, -0.05) is 35.0 Å². The van der Waals surface area contributed by atoms with Crippen molar-refractivity contribution >= 4 is 34.8 Å². The van der Waals surface area contributed by atoms with Crippen LogP contribution < -0.4 is 9.91 Å². The monoisotopic (exact) mass is 326 g/mol. The van der Waals surface area contributed by atoms with Crippen LogP contribution in [0.1, 0.15) is 0 Å². The summed E-state index contributed by atoms with van der Waals surface area (Å²) in [6.45, 7) is 0. The van der Waals surface area contributed by atoms with Crippen molar-refractivity contribution in [2.24, 2.45) is 10.3 Å². The normalized spacial score (nSPS) is 22.8. The number of benzene rings is 2. The zero-order chi connectivity index (χ0) is 16.0. The maximum Gasteiger partial charge on any atom is 0.263 e. The minimum atomic E-state index is -0.807. The Hall–Kier alpha value is -2.73. The van der Waals surface area contributed by atoms with Gasteiger partial charge in [-0.3, -0.25) is 9.59 Å². The van der Waals surface area contributed by atoms with E-state index in [4.69, 9.17) is 11.6 Å². The van der Waals surface area contributed by atoms with Crippen molar-refractivity contribution in [3.63, 3.8) is 0 Å². The lowest BCUT2D eigenvalue weighted by atomic mass is 10.1. The molecule has 2 aliphatic heterocycles. The highest BCUT2D eigenvalue weighted by atomic mass is 35.5. The van der Waals surface area contributed by atoms with Crippen molar-refractivity contribution in [1.82, 2.24) is 0 Å². The largest absolute Gasteiger partial charge is 0.271 e. The van der Waals surface area contributed by atoms with Gasteiger partial charge in [0.1, 0.15) is 0 Å². The highest BCUT2D eigenvalue weighted by Crippen LogP contribution is 2.34. The summed E-state index contributed by atoms with van der Waals surface area (Å²) in [5.41, 5.74) is 1.21. The lowest BCUT2D eigenvalue weighted by Gasteiger charge is -2.20. The van der Waals surface area contributed by atoms with Gasteiger partial charge in [-0.25, -0.2) is 9.91 Å². The minimum absolute atomic E-state index is 0.328. The average molecular weight is 327 g/mol. The molecule has 4 rings (SSSR count). The fraction of sp³-hybridized carbons (Fsp3) is 0.125. The van der Waals surface area contributed by atoms with E-state index in [1.165, 1.54) is 9.91 Å². The van der Waals surface area contributed by atoms with E-state index in [-0.39, 0.29) is 11.8 Å². The van der Waals surface area contributed by atoms with Crippen molar-refractivity contribution in [3.8, 4) is 0 Å². The molecule has 0 spiro atoms. The Morgan fingerprint density at radius 3 is 2.26 bits per heavy atom. The first kappa shape index (κ1) is 13.9. The summed E-state index contributed by atoms with van der Waals surface area (Å²) in [5.74, 6) is -0.683. The van der Waals surface area contributed by atoms with Crippen LogP contribution in [0.25, 0.3) is 0 Å². The molecule has 1 saturated heterocycles. The number of rotatable bonds is 2. The van der Waals surface area contributed by atoms with Crippen LogP contribution in [0.15, 0.2) is 64.9 Å². The van der Waals surface area contributed by atoms with Gasteiger partial charge in [0.05, 0.1) is 11.4 Å². The molecule has 2 heterocycles. The van der Waals surface area contributed by atoms with Crippen molar-refractivity contribution in [3.05, 3.63) is 59.6 Å². The Bertz CT molecular complexity index is 807. The number of hydrogen-bond acceptors (Lipinski definition) is 5. The Balaban J connectivity index is 1.70. The number of halogens is 1. The second-order valence-electron chi connectivity index (χ2n) is 5.26. The molecule has 6 nitrogen and oxygen atoms in total. The van der Waals surface area contributed by atoms with Crippen LogP contribution >= 0.6 is 11.6 Å². The third kappa shape index (κ3) is 2.10. The molecular weight excluding hydrogens is 316 g/mol. The molecule has 0 bridgehead atoms. The van der Waals surface area contributed by atoms with E-state index < -0.39 is 12.1 Å². The average Bonchev–Trinajstić information content (AvgIpc) is 3.10. The van der Waals surface area contributed by atoms with E-state index in [0.29, 0.717) is 16.4 Å². The molecule has 0 saturated carbocycles. The third-order valence-corrected chi connectivity index (χ3v) is 4.14. The summed E-state index contributed by atoms with van der Waals surface area (Å²) in [7, 11) is 0. The molecule has 23 heavy (non-hydrogen) atoms. The number of para-hydroxylation sites is 1. The van der Waals surface area contributed by atoms with Gasteiger partial charge in [-0.15, -0.1) is 0 Å². The van der Waals surface area contributed by atoms with E-state index in [0.717, 1.165) is 0 Å². The molecule has 2 aromatic carbocycles. The summed E-state index contributed by atoms with van der Waals surface area (Å²) >= 11 is 5.88. The van der Waals surface area contributed by atoms with Crippen LogP contribution in [-0.4, -0.2) is 23.9 Å². The van der Waals surface area contributed by atoms with E-state index in [1.54, 1.807) is 48.5 Å². The Kier molecular flexibility index (Phi) is 3.12. The zero-order valence-electron chi connectivity index (χ0n) is 11.8. The summed E-state index contributed by atoms with van der Waals surface area (Å²) in [5, 5.41) is 10.0. The zero-order valence-corrected chi connectivity index (χ0v) is 12.6. The van der Waals surface area contributed by atoms with Gasteiger partial charge in [0, 0.05) is 5.02 Å². The van der Waals surface area contributed by atoms with Gasteiger partial charge in [-0.2, -0.15) is 5.11 Å². The first-order chi connectivity index (χ1) is 11.2. The molecular formula is C16H11ClN4O2. The fourth-order valence-corrected chi connectivity index (χ4v) is 2.92. The van der Waals surface area contributed by atoms with Crippen molar-refractivity contribution in [1.29, 1.82) is 0 Å². The van der Waals surface area contributed by atoms with Crippen LogP contribution in [0.3, 0.4) is 0 Å². The third-order valence-electron chi connectivity index (χ3n) is 3.89. The van der Waals surface area contributed by atoms with Crippen LogP contribution in [0.5, 0.6) is 0 Å². The molecule has 7 heteroatoms. The van der Waals surface area contributed by atoms with Crippen LogP contribution in [0.2, 0.25) is 5.02 Å². The predicted molar refractivity (Wildman–Crippen MR) is 85.3 cm³/mol. The molecule has 0 unspecified atom stereocenters. The van der Waals surface area contributed by atoms with Crippen molar-refractivity contribution < 1.29 is 9.59 Å². The molecule has 2 aromatic rings. The van der Waals surface area contributed by atoms with Gasteiger partial charge in [0.2, 0.25) is 0 Å². The van der Waals surface area contributed by atoms with Crippen LogP contribution in [0.4, 0.5) is 11.4 Å². The second kappa shape index (κ2) is 5.17. The number of hydrogen-bond donors (Lipinski definition) is 0. The lowest BCUT2D eigenvalue weighted by Crippen LogP contribution is -2.39. The number of nitrogens with zero attached hydrogens (tertiary/aromatic N) is 4. The smallest absolute Gasteiger partial charge is 0.263 e. The first-order valence-electron chi connectivity index (χ1n) is 7.05. The fourth-order valence-electron chi connectivity index (χ4n) is 2.80. The standard InChI is InChI=1S/C16H11ClN4O2/c17-10-6-8-12(9-7-10)21-14-13(18-19-21)15(22)20(16(14)23)11-4-2-1-3-5-11/h1-9,13-14H/t13-,14+/m0/s1. The van der Waals surface area contributed by atoms with Crippen molar-refractivity contribution in [2.75, 3.05) is 9.91 Å². The summed E-state index contributed by atoms with van der Waals surface area (Å²) in [4.78, 5) is 26.5. The van der Waals surface area contributed by atoms with E-state index >= 15 is 0 Å². The molecule has 2 amide bonds. The molecule has 0 N–H and O–H groups in total. The number of carbonyl (C=O) groups is 2. The minimum Gasteiger partial charge on any atom is -0.271 e. The molecule has 0 radical (unpaired) electrons. The topological polar surface area (TPSA) is 65.3 Å². The predicted octanol–water partition coefficient (Wildman–Crippen LogP) is 2.84. The molecule has 0 aromatic heterocycles. The van der Waals surface area contributed by atoms with E-state index in [1.807, 2.05) is 6.07 Å². The van der Waals surface area contributed by atoms with Crippen LogP contribution in [-0.2, 0) is 9.59 Å². The number of carbonyl (C=O) groups excluding carboxylic acids is 2. The Labute approximate surface area is 136 Å². The number of amides is 2. The SMILES string of the molecule is O=C1[C@H]2N=NN(c3ccc(Cl)cc3)[C@H]2C(=O)N1c1ccccc1. The number of anilines is 2. The lowest BCUT2D eigenvalue weighted by molar-refractivity contribution is -0.121. The van der Waals surface area contributed by atoms with Gasteiger partial charge in [-0.05, 0) is 36.4 Å². The molecule has 1 fully saturated rings. The van der Waals surface area contributed by atoms with Gasteiger partial charge in [0.15, 0.2) is 12.1 Å². The highest BCUT2D eigenvalue weighted by Gasteiger charge is 2.55. The molecule has 2 atom stereocenters. The number of imide groups is 1. The van der Waals surface area contributed by atoms with Gasteiger partial charge >= 0.3 is 0 Å². The summed E-state index contributed by atoms with van der Waals surface area (Å²) in [6, 6.07) is 14.2. The van der Waals surface area contributed by atoms with Gasteiger partial charge < -0.3 is 0 Å². The molecule has 0 aliphatic carbocycles. The quantitative estimate of drug-likeness (QED) is 0.797. The summed E-state index contributed by atoms with van der Waals surface area (Å²) < 4.78 is 0. The van der Waals surface area contributed by atoms with Crippen molar-refractivity contribution in [2.45, 2.75) is 12.1 Å². The Morgan fingerprint density at radius 2 is 1.57 bits per heavy atom. The summed E-state index contributed by atoms with van der Waals surface area (Å²) in [6.07, 6.45) is 0. The molecule has 2 aliphatic rings.